The van der Waals surface area contributed by atoms with Gasteiger partial charge in [-0.2, -0.15) is 0 Å². The standard InChI is InChI=1S/C23H25N5O/c1-18(19-8-4-2-5-9-19)26-22-17-24-21(16-25-22)23(29)28-14-12-27(13-15-28)20-10-6-3-7-11-20/h2-11,16-18H,12-15H2,1H3,(H,25,26). The fourth-order valence-corrected chi connectivity index (χ4v) is 3.53. The van der Waals surface area contributed by atoms with Crippen molar-refractivity contribution in [2.24, 2.45) is 0 Å². The molecule has 3 aromatic rings. The van der Waals surface area contributed by atoms with Crippen LogP contribution in [0.15, 0.2) is 73.1 Å². The number of rotatable bonds is 5. The number of para-hydroxylation sites is 1. The minimum Gasteiger partial charge on any atom is -0.368 e. The van der Waals surface area contributed by atoms with Crippen molar-refractivity contribution in [1.29, 1.82) is 0 Å². The molecular weight excluding hydrogens is 362 g/mol. The van der Waals surface area contributed by atoms with E-state index in [4.69, 9.17) is 0 Å². The molecule has 1 aliphatic rings. The van der Waals surface area contributed by atoms with Crippen molar-refractivity contribution in [3.05, 3.63) is 84.3 Å². The number of anilines is 2. The summed E-state index contributed by atoms with van der Waals surface area (Å²) in [7, 11) is 0. The van der Waals surface area contributed by atoms with Crippen LogP contribution in [0.2, 0.25) is 0 Å². The Morgan fingerprint density at radius 1 is 0.897 bits per heavy atom. The average molecular weight is 387 g/mol. The van der Waals surface area contributed by atoms with Gasteiger partial charge in [-0.25, -0.2) is 9.97 Å². The van der Waals surface area contributed by atoms with Gasteiger partial charge in [0.2, 0.25) is 0 Å². The lowest BCUT2D eigenvalue weighted by Crippen LogP contribution is -2.49. The molecule has 1 aromatic heterocycles. The van der Waals surface area contributed by atoms with E-state index in [0.717, 1.165) is 13.1 Å². The molecule has 1 atom stereocenters. The van der Waals surface area contributed by atoms with E-state index in [0.29, 0.717) is 24.6 Å². The van der Waals surface area contributed by atoms with Crippen molar-refractivity contribution in [3.63, 3.8) is 0 Å². The van der Waals surface area contributed by atoms with E-state index in [2.05, 4.69) is 51.4 Å². The van der Waals surface area contributed by atoms with E-state index in [-0.39, 0.29) is 11.9 Å². The summed E-state index contributed by atoms with van der Waals surface area (Å²) in [6.07, 6.45) is 3.19. The molecule has 1 fully saturated rings. The number of hydrogen-bond donors (Lipinski definition) is 1. The Hall–Kier alpha value is -3.41. The summed E-state index contributed by atoms with van der Waals surface area (Å²) < 4.78 is 0. The van der Waals surface area contributed by atoms with Gasteiger partial charge in [0.15, 0.2) is 0 Å². The number of carbonyl (C=O) groups excluding carboxylic acids is 1. The van der Waals surface area contributed by atoms with Crippen molar-refractivity contribution in [2.45, 2.75) is 13.0 Å². The van der Waals surface area contributed by atoms with E-state index < -0.39 is 0 Å². The lowest BCUT2D eigenvalue weighted by Gasteiger charge is -2.35. The number of nitrogens with zero attached hydrogens (tertiary/aromatic N) is 4. The zero-order chi connectivity index (χ0) is 20.1. The molecule has 0 radical (unpaired) electrons. The molecule has 0 saturated carbocycles. The summed E-state index contributed by atoms with van der Waals surface area (Å²) in [6, 6.07) is 20.6. The average Bonchev–Trinajstić information content (AvgIpc) is 2.80. The van der Waals surface area contributed by atoms with Gasteiger partial charge in [0.25, 0.3) is 5.91 Å². The topological polar surface area (TPSA) is 61.4 Å². The lowest BCUT2D eigenvalue weighted by molar-refractivity contribution is 0.0740. The van der Waals surface area contributed by atoms with Gasteiger partial charge in [-0.15, -0.1) is 0 Å². The Balaban J connectivity index is 1.34. The largest absolute Gasteiger partial charge is 0.368 e. The quantitative estimate of drug-likeness (QED) is 0.725. The highest BCUT2D eigenvalue weighted by molar-refractivity contribution is 5.92. The molecule has 148 valence electrons. The molecule has 1 amide bonds. The van der Waals surface area contributed by atoms with Crippen LogP contribution in [-0.4, -0.2) is 47.0 Å². The van der Waals surface area contributed by atoms with E-state index in [1.165, 1.54) is 11.3 Å². The van der Waals surface area contributed by atoms with E-state index in [1.807, 2.05) is 41.3 Å². The summed E-state index contributed by atoms with van der Waals surface area (Å²) in [6.45, 7) is 5.07. The highest BCUT2D eigenvalue weighted by Gasteiger charge is 2.23. The number of piperazine rings is 1. The molecule has 2 aromatic carbocycles. The van der Waals surface area contributed by atoms with Crippen LogP contribution in [0.3, 0.4) is 0 Å². The number of aromatic nitrogens is 2. The Kier molecular flexibility index (Phi) is 5.70. The summed E-state index contributed by atoms with van der Waals surface area (Å²) >= 11 is 0. The van der Waals surface area contributed by atoms with Gasteiger partial charge >= 0.3 is 0 Å². The molecule has 4 rings (SSSR count). The monoisotopic (exact) mass is 387 g/mol. The summed E-state index contributed by atoms with van der Waals surface area (Å²) in [5, 5.41) is 3.32. The van der Waals surface area contributed by atoms with E-state index in [9.17, 15) is 4.79 Å². The Morgan fingerprint density at radius 2 is 1.55 bits per heavy atom. The number of hydrogen-bond acceptors (Lipinski definition) is 5. The minimum absolute atomic E-state index is 0.0622. The highest BCUT2D eigenvalue weighted by Crippen LogP contribution is 2.18. The van der Waals surface area contributed by atoms with Crippen LogP contribution in [0.25, 0.3) is 0 Å². The molecule has 0 spiro atoms. The molecule has 1 aliphatic heterocycles. The van der Waals surface area contributed by atoms with Gasteiger partial charge in [-0.1, -0.05) is 48.5 Å². The predicted octanol–water partition coefficient (Wildman–Crippen LogP) is 3.61. The van der Waals surface area contributed by atoms with Crippen LogP contribution in [-0.2, 0) is 0 Å². The first-order valence-corrected chi connectivity index (χ1v) is 9.93. The van der Waals surface area contributed by atoms with E-state index in [1.54, 1.807) is 12.4 Å². The van der Waals surface area contributed by atoms with Crippen molar-refractivity contribution < 1.29 is 4.79 Å². The lowest BCUT2D eigenvalue weighted by atomic mass is 10.1. The smallest absolute Gasteiger partial charge is 0.274 e. The second-order valence-electron chi connectivity index (χ2n) is 7.18. The van der Waals surface area contributed by atoms with Gasteiger partial charge in [0.05, 0.1) is 12.4 Å². The molecule has 0 aliphatic carbocycles. The number of nitrogens with one attached hydrogen (secondary N) is 1. The molecule has 2 heterocycles. The molecule has 29 heavy (non-hydrogen) atoms. The Morgan fingerprint density at radius 3 is 2.17 bits per heavy atom. The first-order valence-electron chi connectivity index (χ1n) is 9.93. The SMILES string of the molecule is CC(Nc1cnc(C(=O)N2CCN(c3ccccc3)CC2)cn1)c1ccccc1. The van der Waals surface area contributed by atoms with Crippen LogP contribution >= 0.6 is 0 Å². The third-order valence-corrected chi connectivity index (χ3v) is 5.22. The summed E-state index contributed by atoms with van der Waals surface area (Å²) in [4.78, 5) is 25.7. The van der Waals surface area contributed by atoms with Crippen molar-refractivity contribution in [3.8, 4) is 0 Å². The first-order chi connectivity index (χ1) is 14.2. The van der Waals surface area contributed by atoms with Gasteiger partial charge in [0, 0.05) is 37.9 Å². The summed E-state index contributed by atoms with van der Waals surface area (Å²) in [5.41, 5.74) is 2.75. The van der Waals surface area contributed by atoms with Crippen LogP contribution in [0.4, 0.5) is 11.5 Å². The normalized spacial score (nSPS) is 15.1. The number of carbonyl (C=O) groups is 1. The highest BCUT2D eigenvalue weighted by atomic mass is 16.2. The fraction of sp³-hybridized carbons (Fsp3) is 0.261. The van der Waals surface area contributed by atoms with E-state index >= 15 is 0 Å². The fourth-order valence-electron chi connectivity index (χ4n) is 3.53. The van der Waals surface area contributed by atoms with Crippen LogP contribution in [0.5, 0.6) is 0 Å². The third-order valence-electron chi connectivity index (χ3n) is 5.22. The van der Waals surface area contributed by atoms with Crippen LogP contribution in [0, 0.1) is 0 Å². The van der Waals surface area contributed by atoms with Crippen molar-refractivity contribution in [1.82, 2.24) is 14.9 Å². The van der Waals surface area contributed by atoms with Gasteiger partial charge in [0.1, 0.15) is 11.5 Å². The molecule has 6 heteroatoms. The minimum atomic E-state index is -0.0622. The van der Waals surface area contributed by atoms with Gasteiger partial charge in [-0.3, -0.25) is 4.79 Å². The van der Waals surface area contributed by atoms with Crippen molar-refractivity contribution >= 4 is 17.4 Å². The second kappa shape index (κ2) is 8.73. The van der Waals surface area contributed by atoms with Crippen molar-refractivity contribution in [2.75, 3.05) is 36.4 Å². The van der Waals surface area contributed by atoms with Crippen LogP contribution < -0.4 is 10.2 Å². The molecule has 6 nitrogen and oxygen atoms in total. The maximum absolute atomic E-state index is 12.8. The molecule has 0 bridgehead atoms. The zero-order valence-corrected chi connectivity index (χ0v) is 16.5. The molecule has 1 saturated heterocycles. The number of amides is 1. The Bertz CT molecular complexity index is 923. The zero-order valence-electron chi connectivity index (χ0n) is 16.5. The maximum Gasteiger partial charge on any atom is 0.274 e. The molecule has 1 unspecified atom stereocenters. The van der Waals surface area contributed by atoms with Gasteiger partial charge in [-0.05, 0) is 24.6 Å². The summed E-state index contributed by atoms with van der Waals surface area (Å²) in [5.74, 6) is 0.597. The first kappa shape index (κ1) is 18.9. The van der Waals surface area contributed by atoms with Crippen LogP contribution in [0.1, 0.15) is 29.0 Å². The molecule has 1 N–H and O–H groups in total. The number of benzene rings is 2. The second-order valence-corrected chi connectivity index (χ2v) is 7.18. The van der Waals surface area contributed by atoms with Gasteiger partial charge < -0.3 is 15.1 Å². The predicted molar refractivity (Wildman–Crippen MR) is 115 cm³/mol. The Labute approximate surface area is 171 Å². The maximum atomic E-state index is 12.8. The molecular formula is C23H25N5O. The third kappa shape index (κ3) is 4.54.